The maximum absolute atomic E-state index is 12.2. The average molecular weight is 791 g/mol. The second-order valence-electron chi connectivity index (χ2n) is 14.8. The zero-order valence-corrected chi connectivity index (χ0v) is 33.3. The van der Waals surface area contributed by atoms with E-state index < -0.39 is 23.7 Å². The van der Waals surface area contributed by atoms with E-state index in [1.807, 2.05) is 53.4 Å². The summed E-state index contributed by atoms with van der Waals surface area (Å²) in [5, 5.41) is 33.7. The number of nitrogens with zero attached hydrogens (tertiary/aromatic N) is 3. The van der Waals surface area contributed by atoms with E-state index in [2.05, 4.69) is 54.5 Å². The van der Waals surface area contributed by atoms with Crippen LogP contribution in [0.15, 0.2) is 103 Å². The van der Waals surface area contributed by atoms with E-state index in [1.54, 1.807) is 24.4 Å². The molecule has 0 radical (unpaired) electrons. The molecule has 10 nitrogen and oxygen atoms in total. The number of aryl methyl sites for hydroxylation is 1. The summed E-state index contributed by atoms with van der Waals surface area (Å²) in [6.45, 7) is 7.03. The van der Waals surface area contributed by atoms with Crippen molar-refractivity contribution in [2.24, 2.45) is 5.92 Å². The Morgan fingerprint density at radius 2 is 1.89 bits per heavy atom. The number of pyridine rings is 1. The molecule has 3 N–H and O–H groups in total. The van der Waals surface area contributed by atoms with Crippen LogP contribution in [0.3, 0.4) is 0 Å². The lowest BCUT2D eigenvalue weighted by Crippen LogP contribution is -2.45. The number of aliphatic hydroxyl groups excluding tert-OH is 1. The fourth-order valence-electron chi connectivity index (χ4n) is 7.57. The molecule has 1 aliphatic carbocycles. The summed E-state index contributed by atoms with van der Waals surface area (Å²) in [5.41, 5.74) is 5.33. The maximum Gasteiger partial charge on any atom is 0.320 e. The molecule has 0 bridgehead atoms. The Kier molecular flexibility index (Phi) is 14.5. The molecule has 2 heterocycles. The number of halogens is 1. The van der Waals surface area contributed by atoms with Crippen LogP contribution in [0.1, 0.15) is 72.1 Å². The molecule has 1 aromatic heterocycles. The first-order valence-corrected chi connectivity index (χ1v) is 20.0. The fourth-order valence-corrected chi connectivity index (χ4v) is 7.81. The van der Waals surface area contributed by atoms with E-state index in [-0.39, 0.29) is 19.1 Å². The first-order chi connectivity index (χ1) is 27.7. The number of aliphatic hydroxyl groups is 1. The molecule has 1 aliphatic heterocycles. The van der Waals surface area contributed by atoms with Crippen LogP contribution in [0.5, 0.6) is 11.5 Å². The van der Waals surface area contributed by atoms with Crippen molar-refractivity contribution < 1.29 is 29.2 Å². The van der Waals surface area contributed by atoms with Gasteiger partial charge in [-0.3, -0.25) is 14.7 Å². The standard InChI is InChI=1S/C46H51ClN4O6/c1-32-12-6-7-15-38(32)39-16-10-18-46(33(39)2,57-21-11-19-49-28-42(52)36-13-4-3-5-14-36)31-56-44-24-43(55-30-35-22-34(25-48)26-50-27-35)37(23-40(44)47)29-51-20-9-8-17-41(51)45(53)54/h3-7,10,12-16,18,22-24,26-27,33,41-42,49,52H,8-9,11,17,19-21,28-31H2,1-2H3,(H,53,54)/t33?,41-,42?,46?/m0/s1. The first kappa shape index (κ1) is 41.6. The Labute approximate surface area is 340 Å². The van der Waals surface area contributed by atoms with Gasteiger partial charge < -0.3 is 29.7 Å². The molecule has 0 spiro atoms. The van der Waals surface area contributed by atoms with Crippen molar-refractivity contribution in [3.63, 3.8) is 0 Å². The monoisotopic (exact) mass is 790 g/mol. The minimum Gasteiger partial charge on any atom is -0.489 e. The van der Waals surface area contributed by atoms with Crippen LogP contribution < -0.4 is 14.8 Å². The number of likely N-dealkylation sites (tertiary alicyclic amines) is 1. The summed E-state index contributed by atoms with van der Waals surface area (Å²) in [6.07, 6.45) is 11.8. The lowest BCUT2D eigenvalue weighted by atomic mass is 9.76. The number of carboxylic acids is 1. The number of rotatable bonds is 18. The molecule has 6 rings (SSSR count). The fraction of sp³-hybridized carbons (Fsp3) is 0.370. The van der Waals surface area contributed by atoms with Crippen LogP contribution in [-0.2, 0) is 22.7 Å². The summed E-state index contributed by atoms with van der Waals surface area (Å²) in [4.78, 5) is 18.3. The quantitative estimate of drug-likeness (QED) is 0.0849. The summed E-state index contributed by atoms with van der Waals surface area (Å²) in [5.74, 6) is -0.0442. The maximum atomic E-state index is 12.2. The number of hydrogen-bond acceptors (Lipinski definition) is 9. The molecule has 0 amide bonds. The van der Waals surface area contributed by atoms with Crippen LogP contribution in [0.4, 0.5) is 0 Å². The van der Waals surface area contributed by atoms with Gasteiger partial charge >= 0.3 is 5.97 Å². The van der Waals surface area contributed by atoms with Gasteiger partial charge in [0.1, 0.15) is 42.4 Å². The zero-order valence-electron chi connectivity index (χ0n) is 32.6. The highest BCUT2D eigenvalue weighted by Crippen LogP contribution is 2.42. The number of benzene rings is 3. The molecule has 298 valence electrons. The molecule has 4 aromatic rings. The summed E-state index contributed by atoms with van der Waals surface area (Å²) in [7, 11) is 0. The van der Waals surface area contributed by atoms with Gasteiger partial charge in [-0.05, 0) is 79.7 Å². The summed E-state index contributed by atoms with van der Waals surface area (Å²) in [6, 6.07) is 24.7. The SMILES string of the molecule is Cc1ccccc1C1=CC=CC(COc2cc(OCc3cncc(C#N)c3)c(CN3CCCC[C@H]3C(=O)O)cc2Cl)(OCCCNCC(O)c2ccccc2)C1C. The zero-order chi connectivity index (χ0) is 40.2. The van der Waals surface area contributed by atoms with Gasteiger partial charge in [-0.15, -0.1) is 0 Å². The van der Waals surface area contributed by atoms with Crippen molar-refractivity contribution in [2.75, 3.05) is 32.8 Å². The Morgan fingerprint density at radius 1 is 1.09 bits per heavy atom. The Morgan fingerprint density at radius 3 is 2.68 bits per heavy atom. The Balaban J connectivity index is 1.22. The Hall–Kier alpha value is -5.02. The number of carbonyl (C=O) groups is 1. The second kappa shape index (κ2) is 19.9. The predicted molar refractivity (Wildman–Crippen MR) is 221 cm³/mol. The number of aromatic nitrogens is 1. The van der Waals surface area contributed by atoms with Crippen LogP contribution >= 0.6 is 11.6 Å². The highest BCUT2D eigenvalue weighted by Gasteiger charge is 2.40. The number of aliphatic carboxylic acids is 1. The van der Waals surface area contributed by atoms with E-state index in [1.165, 1.54) is 6.20 Å². The van der Waals surface area contributed by atoms with Gasteiger partial charge in [0.05, 0.1) is 16.7 Å². The smallest absolute Gasteiger partial charge is 0.320 e. The molecule has 57 heavy (non-hydrogen) atoms. The molecule has 1 fully saturated rings. The third-order valence-electron chi connectivity index (χ3n) is 10.9. The molecule has 3 unspecified atom stereocenters. The predicted octanol–water partition coefficient (Wildman–Crippen LogP) is 8.07. The number of ether oxygens (including phenoxy) is 3. The molecular weight excluding hydrogens is 740 g/mol. The molecule has 11 heteroatoms. The average Bonchev–Trinajstić information content (AvgIpc) is 3.23. The lowest BCUT2D eigenvalue weighted by Gasteiger charge is -2.40. The van der Waals surface area contributed by atoms with E-state index in [9.17, 15) is 20.3 Å². The molecule has 1 saturated heterocycles. The molecular formula is C46H51ClN4O6. The minimum atomic E-state index is -0.856. The van der Waals surface area contributed by atoms with Crippen molar-refractivity contribution in [3.8, 4) is 17.6 Å². The largest absolute Gasteiger partial charge is 0.489 e. The van der Waals surface area contributed by atoms with Crippen molar-refractivity contribution in [1.29, 1.82) is 5.26 Å². The van der Waals surface area contributed by atoms with Gasteiger partial charge in [-0.25, -0.2) is 0 Å². The number of carboxylic acid groups (broad SMARTS) is 1. The third kappa shape index (κ3) is 10.7. The molecule has 3 aromatic carbocycles. The highest BCUT2D eigenvalue weighted by atomic mass is 35.5. The van der Waals surface area contributed by atoms with Crippen LogP contribution in [0.25, 0.3) is 5.57 Å². The van der Waals surface area contributed by atoms with E-state index in [4.69, 9.17) is 25.8 Å². The second-order valence-corrected chi connectivity index (χ2v) is 15.2. The first-order valence-electron chi connectivity index (χ1n) is 19.6. The van der Waals surface area contributed by atoms with Crippen molar-refractivity contribution in [1.82, 2.24) is 15.2 Å². The number of nitrogens with one attached hydrogen (secondary N) is 1. The number of allylic oxidation sites excluding steroid dienone is 2. The van der Waals surface area contributed by atoms with Crippen LogP contribution in [-0.4, -0.2) is 70.6 Å². The van der Waals surface area contributed by atoms with Gasteiger partial charge in [-0.2, -0.15) is 5.26 Å². The van der Waals surface area contributed by atoms with Gasteiger partial charge in [0.2, 0.25) is 0 Å². The third-order valence-corrected chi connectivity index (χ3v) is 11.2. The highest BCUT2D eigenvalue weighted by molar-refractivity contribution is 6.32. The van der Waals surface area contributed by atoms with Crippen molar-refractivity contribution in [3.05, 3.63) is 142 Å². The van der Waals surface area contributed by atoms with E-state index >= 15 is 0 Å². The van der Waals surface area contributed by atoms with Gasteiger partial charge in [-0.1, -0.05) is 91.7 Å². The molecule has 2 aliphatic rings. The number of nitriles is 1. The summed E-state index contributed by atoms with van der Waals surface area (Å²) >= 11 is 6.99. The van der Waals surface area contributed by atoms with E-state index in [0.29, 0.717) is 73.3 Å². The summed E-state index contributed by atoms with van der Waals surface area (Å²) < 4.78 is 19.8. The number of hydrogen-bond donors (Lipinski definition) is 3. The lowest BCUT2D eigenvalue weighted by molar-refractivity contribution is -0.144. The number of piperidine rings is 1. The van der Waals surface area contributed by atoms with Crippen LogP contribution in [0.2, 0.25) is 5.02 Å². The molecule has 4 atom stereocenters. The van der Waals surface area contributed by atoms with Crippen molar-refractivity contribution in [2.45, 2.75) is 70.4 Å². The van der Waals surface area contributed by atoms with Gasteiger partial charge in [0, 0.05) is 55.2 Å². The van der Waals surface area contributed by atoms with Crippen LogP contribution in [0, 0.1) is 24.2 Å². The normalized spacial score (nSPS) is 20.0. The van der Waals surface area contributed by atoms with E-state index in [0.717, 1.165) is 40.7 Å². The molecule has 0 saturated carbocycles. The Bertz CT molecular complexity index is 2080. The topological polar surface area (TPSA) is 137 Å². The van der Waals surface area contributed by atoms with Crippen molar-refractivity contribution >= 4 is 23.1 Å². The van der Waals surface area contributed by atoms with Gasteiger partial charge in [0.15, 0.2) is 0 Å². The van der Waals surface area contributed by atoms with Gasteiger partial charge in [0.25, 0.3) is 0 Å². The minimum absolute atomic E-state index is 0.0998.